The van der Waals surface area contributed by atoms with Crippen molar-refractivity contribution >= 4 is 25.7 Å². The second kappa shape index (κ2) is 9.74. The van der Waals surface area contributed by atoms with Gasteiger partial charge < -0.3 is 21.5 Å². The molecule has 14 nitrogen and oxygen atoms in total. The van der Waals surface area contributed by atoms with E-state index in [0.29, 0.717) is 25.3 Å². The van der Waals surface area contributed by atoms with Crippen molar-refractivity contribution < 1.29 is 21.9 Å². The Morgan fingerprint density at radius 3 is 2.62 bits per heavy atom. The number of aliphatic hydroxyl groups excluding tert-OH is 1. The largest absolute Gasteiger partial charge is 0.390 e. The second-order valence-electron chi connectivity index (χ2n) is 7.51. The molecule has 1 aliphatic heterocycles. The molecule has 1 aromatic heterocycles. The Hall–Kier alpha value is -2.21. The van der Waals surface area contributed by atoms with Crippen LogP contribution in [-0.2, 0) is 20.0 Å². The molecule has 1 aromatic carbocycles. The van der Waals surface area contributed by atoms with E-state index in [1.165, 1.54) is 6.07 Å². The monoisotopic (exact) mass is 489 g/mol. The first kappa shape index (κ1) is 24.4. The number of nitrogens with one attached hydrogen (secondary N) is 2. The lowest BCUT2D eigenvalue weighted by atomic mass is 9.97. The number of hydrogen-bond donors (Lipinski definition) is 6. The van der Waals surface area contributed by atoms with Crippen molar-refractivity contribution in [3.05, 3.63) is 12.1 Å². The molecule has 0 radical (unpaired) electrons. The van der Waals surface area contributed by atoms with Gasteiger partial charge >= 0.3 is 0 Å². The van der Waals surface area contributed by atoms with Gasteiger partial charge in [-0.2, -0.15) is 0 Å². The molecule has 32 heavy (non-hydrogen) atoms. The molecule has 1 fully saturated rings. The summed E-state index contributed by atoms with van der Waals surface area (Å²) in [5.74, 6) is 0.128. The summed E-state index contributed by atoms with van der Waals surface area (Å²) >= 11 is 0. The highest BCUT2D eigenvalue weighted by Crippen LogP contribution is 2.39. The summed E-state index contributed by atoms with van der Waals surface area (Å²) in [6, 6.07) is 2.64. The third kappa shape index (κ3) is 5.22. The Morgan fingerprint density at radius 1 is 1.28 bits per heavy atom. The van der Waals surface area contributed by atoms with E-state index >= 15 is 0 Å². The van der Waals surface area contributed by atoms with Crippen molar-refractivity contribution in [3.63, 3.8) is 0 Å². The standard InChI is InChI=1S/C16H27N9O5S2/c17-6-10-2-1-5-25(9-10)12-3-4-13(32(29,30)20-8-11(26)7-18)15(31(19,27)28)14(12)16-21-23-24-22-16/h3-4,10-11,20,26H,1-2,5-9,17-18H2,(H2,19,27,28)(H,21,22,23,24)/t10-,11+/m0/s1. The van der Waals surface area contributed by atoms with Crippen LogP contribution in [0.1, 0.15) is 12.8 Å². The van der Waals surface area contributed by atoms with Gasteiger partial charge in [-0.3, -0.25) is 0 Å². The van der Waals surface area contributed by atoms with Gasteiger partial charge in [-0.15, -0.1) is 5.10 Å². The smallest absolute Gasteiger partial charge is 0.242 e. The van der Waals surface area contributed by atoms with Crippen LogP contribution >= 0.6 is 0 Å². The van der Waals surface area contributed by atoms with E-state index in [0.717, 1.165) is 18.9 Å². The van der Waals surface area contributed by atoms with Gasteiger partial charge in [-0.05, 0) is 47.9 Å². The molecule has 0 spiro atoms. The Morgan fingerprint density at radius 2 is 2.03 bits per heavy atom. The molecule has 0 aliphatic carbocycles. The van der Waals surface area contributed by atoms with Gasteiger partial charge in [0.1, 0.15) is 9.79 Å². The number of anilines is 1. The highest BCUT2D eigenvalue weighted by Gasteiger charge is 2.34. The maximum atomic E-state index is 13.0. The zero-order chi connectivity index (χ0) is 23.5. The Kier molecular flexibility index (Phi) is 7.43. The highest BCUT2D eigenvalue weighted by molar-refractivity contribution is 7.92. The molecule has 2 aromatic rings. The number of benzene rings is 1. The molecule has 3 rings (SSSR count). The summed E-state index contributed by atoms with van der Waals surface area (Å²) in [5, 5.41) is 28.4. The Labute approximate surface area is 185 Å². The summed E-state index contributed by atoms with van der Waals surface area (Å²) < 4.78 is 53.4. The van der Waals surface area contributed by atoms with Crippen LogP contribution < -0.4 is 26.2 Å². The topological polar surface area (TPSA) is 236 Å². The number of aliphatic hydroxyl groups is 1. The molecule has 9 N–H and O–H groups in total. The van der Waals surface area contributed by atoms with E-state index in [9.17, 15) is 21.9 Å². The normalized spacial score (nSPS) is 18.6. The first-order valence-corrected chi connectivity index (χ1v) is 12.9. The zero-order valence-corrected chi connectivity index (χ0v) is 18.8. The van der Waals surface area contributed by atoms with E-state index in [-0.39, 0.29) is 23.9 Å². The van der Waals surface area contributed by atoms with Gasteiger partial charge in [0.15, 0.2) is 5.82 Å². The molecular formula is C16H27N9O5S2. The van der Waals surface area contributed by atoms with Crippen LogP contribution in [0.3, 0.4) is 0 Å². The highest BCUT2D eigenvalue weighted by atomic mass is 32.2. The number of nitrogens with two attached hydrogens (primary N) is 3. The number of nitrogens with zero attached hydrogens (tertiary/aromatic N) is 4. The van der Waals surface area contributed by atoms with Gasteiger partial charge in [0.2, 0.25) is 20.0 Å². The number of tetrazole rings is 1. The number of aromatic nitrogens is 4. The average Bonchev–Trinajstić information content (AvgIpc) is 3.30. The van der Waals surface area contributed by atoms with Crippen molar-refractivity contribution in [1.82, 2.24) is 25.3 Å². The summed E-state index contributed by atoms with van der Waals surface area (Å²) in [7, 11) is -8.97. The fourth-order valence-electron chi connectivity index (χ4n) is 3.65. The molecule has 1 saturated heterocycles. The fourth-order valence-corrected chi connectivity index (χ4v) is 6.32. The summed E-state index contributed by atoms with van der Waals surface area (Å²) in [6.45, 7) is 1.01. The molecule has 2 heterocycles. The van der Waals surface area contributed by atoms with E-state index in [1.807, 2.05) is 4.90 Å². The molecule has 0 bridgehead atoms. The van der Waals surface area contributed by atoms with Crippen LogP contribution in [0.2, 0.25) is 0 Å². The van der Waals surface area contributed by atoms with Gasteiger partial charge in [0, 0.05) is 31.9 Å². The van der Waals surface area contributed by atoms with Crippen LogP contribution in [0.15, 0.2) is 21.9 Å². The minimum Gasteiger partial charge on any atom is -0.390 e. The number of primary sulfonamides is 1. The first-order chi connectivity index (χ1) is 15.1. The van der Waals surface area contributed by atoms with Crippen molar-refractivity contribution in [2.45, 2.75) is 28.7 Å². The summed E-state index contributed by atoms with van der Waals surface area (Å²) in [4.78, 5) is 0.667. The minimum absolute atomic E-state index is 0.0575. The van der Waals surface area contributed by atoms with E-state index in [1.54, 1.807) is 0 Å². The SMILES string of the molecule is NC[C@@H](O)CNS(=O)(=O)c1ccc(N2CCC[C@@H](CN)C2)c(-c2nnn[nH]2)c1S(N)(=O)=O. The van der Waals surface area contributed by atoms with Crippen LogP contribution in [0, 0.1) is 5.92 Å². The Bertz CT molecular complexity index is 1140. The fraction of sp³-hybridized carbons (Fsp3) is 0.562. The predicted molar refractivity (Wildman–Crippen MR) is 115 cm³/mol. The van der Waals surface area contributed by atoms with E-state index in [4.69, 9.17) is 16.6 Å². The van der Waals surface area contributed by atoms with Crippen LogP contribution in [0.5, 0.6) is 0 Å². The molecule has 0 amide bonds. The van der Waals surface area contributed by atoms with Gasteiger partial charge in [0.05, 0.1) is 11.7 Å². The molecule has 2 atom stereocenters. The second-order valence-corrected chi connectivity index (χ2v) is 10.7. The lowest BCUT2D eigenvalue weighted by Gasteiger charge is -2.35. The van der Waals surface area contributed by atoms with Gasteiger partial charge in [-0.1, -0.05) is 0 Å². The molecule has 0 saturated carbocycles. The van der Waals surface area contributed by atoms with E-state index in [2.05, 4.69) is 25.3 Å². The zero-order valence-electron chi connectivity index (χ0n) is 17.2. The number of aromatic amines is 1. The van der Waals surface area contributed by atoms with Crippen LogP contribution in [-0.4, -0.2) is 81.4 Å². The molecule has 178 valence electrons. The predicted octanol–water partition coefficient (Wildman–Crippen LogP) is -2.71. The molecular weight excluding hydrogens is 462 g/mol. The quantitative estimate of drug-likeness (QED) is 0.212. The lowest BCUT2D eigenvalue weighted by Crippen LogP contribution is -2.39. The Balaban J connectivity index is 2.22. The van der Waals surface area contributed by atoms with Crippen molar-refractivity contribution in [2.24, 2.45) is 22.5 Å². The number of hydrogen-bond acceptors (Lipinski definition) is 11. The van der Waals surface area contributed by atoms with Crippen LogP contribution in [0.25, 0.3) is 11.4 Å². The maximum Gasteiger partial charge on any atom is 0.242 e. The van der Waals surface area contributed by atoms with Crippen LogP contribution in [0.4, 0.5) is 5.69 Å². The third-order valence-corrected chi connectivity index (χ3v) is 7.82. The summed E-state index contributed by atoms with van der Waals surface area (Å²) in [5.41, 5.74) is 11.5. The number of piperidine rings is 1. The lowest BCUT2D eigenvalue weighted by molar-refractivity contribution is 0.186. The number of H-pyrrole nitrogens is 1. The van der Waals surface area contributed by atoms with Gasteiger partial charge in [-0.25, -0.2) is 31.8 Å². The molecule has 1 aliphatic rings. The minimum atomic E-state index is -4.57. The first-order valence-electron chi connectivity index (χ1n) is 9.85. The van der Waals surface area contributed by atoms with Crippen molar-refractivity contribution in [3.8, 4) is 11.4 Å². The molecule has 0 unspecified atom stereocenters. The van der Waals surface area contributed by atoms with Crippen molar-refractivity contribution in [1.29, 1.82) is 0 Å². The van der Waals surface area contributed by atoms with Gasteiger partial charge in [0.25, 0.3) is 0 Å². The summed E-state index contributed by atoms with van der Waals surface area (Å²) in [6.07, 6.45) is 0.592. The third-order valence-electron chi connectivity index (χ3n) is 5.23. The maximum absolute atomic E-state index is 13.0. The molecule has 16 heteroatoms. The number of rotatable bonds is 9. The number of sulfonamides is 2. The van der Waals surface area contributed by atoms with Crippen molar-refractivity contribution in [2.75, 3.05) is 37.6 Å². The average molecular weight is 490 g/mol. The van der Waals surface area contributed by atoms with E-state index < -0.39 is 42.5 Å².